The van der Waals surface area contributed by atoms with E-state index in [0.29, 0.717) is 13.0 Å². The Morgan fingerprint density at radius 3 is 2.38 bits per heavy atom. The second kappa shape index (κ2) is 5.71. The topological polar surface area (TPSA) is 37.4 Å². The fraction of sp³-hybridized carbons (Fsp3) is 0.833. The summed E-state index contributed by atoms with van der Waals surface area (Å²) in [5.74, 6) is 0.0978. The highest BCUT2D eigenvalue weighted by atomic mass is 32.2. The molecule has 1 aliphatic heterocycles. The second-order valence-corrected chi connectivity index (χ2v) is 5.65. The molecular weight excluding hydrogens is 222 g/mol. The number of piperidine rings is 1. The maximum absolute atomic E-state index is 11.7. The van der Waals surface area contributed by atoms with Crippen LogP contribution in [0, 0.1) is 0 Å². The lowest BCUT2D eigenvalue weighted by atomic mass is 9.99. The first-order valence-electron chi connectivity index (χ1n) is 5.91. The Labute approximate surface area is 102 Å². The van der Waals surface area contributed by atoms with Crippen molar-refractivity contribution in [2.75, 3.05) is 19.3 Å². The number of carbonyl (C=O) groups is 2. The molecule has 1 fully saturated rings. The summed E-state index contributed by atoms with van der Waals surface area (Å²) in [4.78, 5) is 24.7. The SMILES string of the molecule is CCC(CC)(CN1CCC(=O)CC1=O)SC. The molecule has 0 saturated carbocycles. The summed E-state index contributed by atoms with van der Waals surface area (Å²) in [6.45, 7) is 5.73. The molecule has 0 unspecified atom stereocenters. The molecule has 1 saturated heterocycles. The highest BCUT2D eigenvalue weighted by Crippen LogP contribution is 2.32. The van der Waals surface area contributed by atoms with E-state index in [4.69, 9.17) is 0 Å². The number of carbonyl (C=O) groups excluding carboxylic acids is 2. The fourth-order valence-electron chi connectivity index (χ4n) is 2.10. The number of hydrogen-bond donors (Lipinski definition) is 0. The smallest absolute Gasteiger partial charge is 0.230 e. The van der Waals surface area contributed by atoms with E-state index in [1.165, 1.54) is 0 Å². The van der Waals surface area contributed by atoms with E-state index >= 15 is 0 Å². The Kier molecular flexibility index (Phi) is 4.84. The van der Waals surface area contributed by atoms with Crippen molar-refractivity contribution >= 4 is 23.5 Å². The molecule has 3 nitrogen and oxygen atoms in total. The van der Waals surface area contributed by atoms with Crippen molar-refractivity contribution in [3.63, 3.8) is 0 Å². The molecule has 0 aromatic rings. The summed E-state index contributed by atoms with van der Waals surface area (Å²) < 4.78 is 0.163. The Morgan fingerprint density at radius 2 is 1.94 bits per heavy atom. The highest BCUT2D eigenvalue weighted by Gasteiger charge is 2.32. The molecule has 0 aromatic heterocycles. The van der Waals surface area contributed by atoms with Crippen LogP contribution in [0.1, 0.15) is 39.5 Å². The lowest BCUT2D eigenvalue weighted by Gasteiger charge is -2.37. The third-order valence-electron chi connectivity index (χ3n) is 3.56. The number of likely N-dealkylation sites (tertiary alicyclic amines) is 1. The van der Waals surface area contributed by atoms with Crippen molar-refractivity contribution in [2.45, 2.75) is 44.3 Å². The number of thioether (sulfide) groups is 1. The number of amides is 1. The van der Waals surface area contributed by atoms with E-state index in [9.17, 15) is 9.59 Å². The molecule has 0 aromatic carbocycles. The first-order chi connectivity index (χ1) is 7.56. The van der Waals surface area contributed by atoms with E-state index in [-0.39, 0.29) is 22.9 Å². The Balaban J connectivity index is 2.65. The average Bonchev–Trinajstić information content (AvgIpc) is 2.29. The summed E-state index contributed by atoms with van der Waals surface area (Å²) in [7, 11) is 0. The molecule has 0 atom stereocenters. The van der Waals surface area contributed by atoms with Gasteiger partial charge < -0.3 is 4.90 Å². The van der Waals surface area contributed by atoms with Gasteiger partial charge in [-0.2, -0.15) is 11.8 Å². The van der Waals surface area contributed by atoms with Crippen LogP contribution < -0.4 is 0 Å². The fourth-order valence-corrected chi connectivity index (χ4v) is 2.96. The largest absolute Gasteiger partial charge is 0.340 e. The molecule has 0 N–H and O–H groups in total. The molecule has 4 heteroatoms. The summed E-state index contributed by atoms with van der Waals surface area (Å²) >= 11 is 1.84. The van der Waals surface area contributed by atoms with Crippen LogP contribution in [-0.2, 0) is 9.59 Å². The van der Waals surface area contributed by atoms with Gasteiger partial charge in [-0.25, -0.2) is 0 Å². The maximum atomic E-state index is 11.7. The van der Waals surface area contributed by atoms with Gasteiger partial charge in [0, 0.05) is 24.3 Å². The van der Waals surface area contributed by atoms with Crippen LogP contribution >= 0.6 is 11.8 Å². The lowest BCUT2D eigenvalue weighted by molar-refractivity contribution is -0.139. The molecule has 16 heavy (non-hydrogen) atoms. The number of rotatable bonds is 5. The molecule has 1 aliphatic rings. The van der Waals surface area contributed by atoms with Crippen LogP contribution in [0.5, 0.6) is 0 Å². The molecule has 0 bridgehead atoms. The molecule has 0 radical (unpaired) electrons. The van der Waals surface area contributed by atoms with E-state index in [1.54, 1.807) is 0 Å². The lowest BCUT2D eigenvalue weighted by Crippen LogP contribution is -2.47. The van der Waals surface area contributed by atoms with Gasteiger partial charge in [0.05, 0.1) is 6.42 Å². The van der Waals surface area contributed by atoms with E-state index in [0.717, 1.165) is 19.4 Å². The van der Waals surface area contributed by atoms with Crippen LogP contribution in [0.2, 0.25) is 0 Å². The van der Waals surface area contributed by atoms with Gasteiger partial charge in [0.25, 0.3) is 0 Å². The zero-order valence-electron chi connectivity index (χ0n) is 10.4. The average molecular weight is 243 g/mol. The molecule has 1 heterocycles. The van der Waals surface area contributed by atoms with Crippen LogP contribution in [0.3, 0.4) is 0 Å². The summed E-state index contributed by atoms with van der Waals surface area (Å²) in [5, 5.41) is 0. The van der Waals surface area contributed by atoms with Crippen LogP contribution in [0.25, 0.3) is 0 Å². The zero-order valence-corrected chi connectivity index (χ0v) is 11.2. The van der Waals surface area contributed by atoms with Gasteiger partial charge in [-0.3, -0.25) is 9.59 Å². The second-order valence-electron chi connectivity index (χ2n) is 4.37. The quantitative estimate of drug-likeness (QED) is 0.694. The molecular formula is C12H21NO2S. The van der Waals surface area contributed by atoms with Crippen molar-refractivity contribution in [2.24, 2.45) is 0 Å². The monoisotopic (exact) mass is 243 g/mol. The molecule has 92 valence electrons. The van der Waals surface area contributed by atoms with Crippen LogP contribution in [-0.4, -0.2) is 40.7 Å². The normalized spacial score (nSPS) is 18.1. The van der Waals surface area contributed by atoms with Gasteiger partial charge in [0.1, 0.15) is 5.78 Å². The first kappa shape index (κ1) is 13.6. The third kappa shape index (κ3) is 3.00. The minimum Gasteiger partial charge on any atom is -0.340 e. The van der Waals surface area contributed by atoms with Gasteiger partial charge in [-0.15, -0.1) is 0 Å². The van der Waals surface area contributed by atoms with Gasteiger partial charge in [0.2, 0.25) is 5.91 Å². The molecule has 1 amide bonds. The zero-order chi connectivity index (χ0) is 12.2. The minimum absolute atomic E-state index is 0.0107. The van der Waals surface area contributed by atoms with E-state index in [1.807, 2.05) is 16.7 Å². The maximum Gasteiger partial charge on any atom is 0.230 e. The molecule has 0 spiro atoms. The van der Waals surface area contributed by atoms with Gasteiger partial charge >= 0.3 is 0 Å². The Hall–Kier alpha value is -0.510. The summed E-state index contributed by atoms with van der Waals surface area (Å²) in [6, 6.07) is 0. The van der Waals surface area contributed by atoms with Crippen molar-refractivity contribution in [3.8, 4) is 0 Å². The molecule has 0 aliphatic carbocycles. The summed E-state index contributed by atoms with van der Waals surface area (Å²) in [5.41, 5.74) is 0. The summed E-state index contributed by atoms with van der Waals surface area (Å²) in [6.07, 6.45) is 4.86. The van der Waals surface area contributed by atoms with Crippen LogP contribution in [0.4, 0.5) is 0 Å². The first-order valence-corrected chi connectivity index (χ1v) is 7.14. The van der Waals surface area contributed by atoms with Crippen molar-refractivity contribution in [3.05, 3.63) is 0 Å². The Bertz CT molecular complexity index is 266. The number of nitrogens with zero attached hydrogens (tertiary/aromatic N) is 1. The standard InChI is InChI=1S/C12H21NO2S/c1-4-12(5-2,16-3)9-13-7-6-10(14)8-11(13)15/h4-9H2,1-3H3. The predicted octanol–water partition coefficient (Wildman–Crippen LogP) is 2.10. The molecule has 1 rings (SSSR count). The van der Waals surface area contributed by atoms with Crippen LogP contribution in [0.15, 0.2) is 0 Å². The third-order valence-corrected chi connectivity index (χ3v) is 5.13. The van der Waals surface area contributed by atoms with Gasteiger partial charge in [0.15, 0.2) is 0 Å². The van der Waals surface area contributed by atoms with Crippen molar-refractivity contribution in [1.29, 1.82) is 0 Å². The predicted molar refractivity (Wildman–Crippen MR) is 67.6 cm³/mol. The number of hydrogen-bond acceptors (Lipinski definition) is 3. The highest BCUT2D eigenvalue weighted by molar-refractivity contribution is 8.00. The van der Waals surface area contributed by atoms with Crippen molar-refractivity contribution in [1.82, 2.24) is 4.90 Å². The van der Waals surface area contributed by atoms with E-state index in [2.05, 4.69) is 20.1 Å². The number of ketones is 1. The Morgan fingerprint density at radius 1 is 1.31 bits per heavy atom. The minimum atomic E-state index is 0.0107. The van der Waals surface area contributed by atoms with E-state index < -0.39 is 0 Å². The van der Waals surface area contributed by atoms with Crippen molar-refractivity contribution < 1.29 is 9.59 Å². The number of Topliss-reactive ketones (excluding diaryl/α,β-unsaturated/α-hetero) is 1. The van der Waals surface area contributed by atoms with Gasteiger partial charge in [-0.05, 0) is 19.1 Å². The van der Waals surface area contributed by atoms with Gasteiger partial charge in [-0.1, -0.05) is 13.8 Å².